The highest BCUT2D eigenvalue weighted by Gasteiger charge is 2.12. The van der Waals surface area contributed by atoms with E-state index in [-0.39, 0.29) is 18.4 Å². The van der Waals surface area contributed by atoms with Crippen molar-refractivity contribution >= 4 is 29.2 Å². The number of nitrogens with one attached hydrogen (secondary N) is 3. The van der Waals surface area contributed by atoms with E-state index < -0.39 is 0 Å². The SMILES string of the molecule is CCC(=O)NCC(=O)Nc1cc(-c2cc(Cl)ccc2OC)[nH]n1. The highest BCUT2D eigenvalue weighted by Crippen LogP contribution is 2.32. The fourth-order valence-electron chi connectivity index (χ4n) is 1.91. The first-order valence-corrected chi connectivity index (χ1v) is 7.37. The van der Waals surface area contributed by atoms with Gasteiger partial charge in [-0.2, -0.15) is 5.10 Å². The molecule has 2 rings (SSSR count). The molecule has 3 N–H and O–H groups in total. The fourth-order valence-corrected chi connectivity index (χ4v) is 2.08. The van der Waals surface area contributed by atoms with Crippen LogP contribution in [0.2, 0.25) is 5.02 Å². The summed E-state index contributed by atoms with van der Waals surface area (Å²) in [5.74, 6) is 0.429. The quantitative estimate of drug-likeness (QED) is 0.753. The van der Waals surface area contributed by atoms with Gasteiger partial charge in [0.15, 0.2) is 5.82 Å². The van der Waals surface area contributed by atoms with Gasteiger partial charge in [0.05, 0.1) is 19.3 Å². The molecule has 0 fully saturated rings. The molecule has 7 nitrogen and oxygen atoms in total. The molecule has 0 aliphatic heterocycles. The van der Waals surface area contributed by atoms with Crippen molar-refractivity contribution in [2.24, 2.45) is 0 Å². The van der Waals surface area contributed by atoms with Crippen molar-refractivity contribution in [1.29, 1.82) is 0 Å². The lowest BCUT2D eigenvalue weighted by Crippen LogP contribution is -2.32. The Bertz CT molecular complexity index is 714. The lowest BCUT2D eigenvalue weighted by molar-refractivity contribution is -0.123. The lowest BCUT2D eigenvalue weighted by atomic mass is 10.1. The van der Waals surface area contributed by atoms with Gasteiger partial charge in [-0.3, -0.25) is 14.7 Å². The number of anilines is 1. The average Bonchev–Trinajstić information content (AvgIpc) is 3.00. The number of hydrogen-bond donors (Lipinski definition) is 3. The van der Waals surface area contributed by atoms with Crippen molar-refractivity contribution in [3.63, 3.8) is 0 Å². The predicted octanol–water partition coefficient (Wildman–Crippen LogP) is 2.20. The Hall–Kier alpha value is -2.54. The second-order valence-electron chi connectivity index (χ2n) is 4.69. The molecule has 1 aromatic carbocycles. The van der Waals surface area contributed by atoms with Crippen LogP contribution < -0.4 is 15.4 Å². The average molecular weight is 337 g/mol. The summed E-state index contributed by atoms with van der Waals surface area (Å²) in [6.45, 7) is 1.61. The minimum absolute atomic E-state index is 0.102. The summed E-state index contributed by atoms with van der Waals surface area (Å²) in [6.07, 6.45) is 0.328. The maximum Gasteiger partial charge on any atom is 0.244 e. The molecule has 0 unspecified atom stereocenters. The number of benzene rings is 1. The molecule has 122 valence electrons. The van der Waals surface area contributed by atoms with Gasteiger partial charge in [0.1, 0.15) is 5.75 Å². The van der Waals surface area contributed by atoms with Gasteiger partial charge in [-0.25, -0.2) is 0 Å². The standard InChI is InChI=1S/C15H17ClN4O3/c1-3-14(21)17-8-15(22)18-13-7-11(19-20-13)10-6-9(16)4-5-12(10)23-2/h4-7H,3,8H2,1-2H3,(H,17,21)(H2,18,19,20,22). The van der Waals surface area contributed by atoms with Crippen molar-refractivity contribution in [2.45, 2.75) is 13.3 Å². The predicted molar refractivity (Wildman–Crippen MR) is 87.5 cm³/mol. The van der Waals surface area contributed by atoms with Crippen LogP contribution in [0.25, 0.3) is 11.3 Å². The molecular weight excluding hydrogens is 320 g/mol. The van der Waals surface area contributed by atoms with Gasteiger partial charge in [-0.1, -0.05) is 18.5 Å². The van der Waals surface area contributed by atoms with E-state index in [0.29, 0.717) is 28.7 Å². The third-order valence-corrected chi connectivity index (χ3v) is 3.30. The maximum atomic E-state index is 11.7. The number of H-pyrrole nitrogens is 1. The van der Waals surface area contributed by atoms with Crippen molar-refractivity contribution in [3.05, 3.63) is 29.3 Å². The Labute approximate surface area is 138 Å². The first kappa shape index (κ1) is 16.8. The topological polar surface area (TPSA) is 96.1 Å². The number of hydrogen-bond acceptors (Lipinski definition) is 4. The molecule has 2 amide bonds. The number of carbonyl (C=O) groups is 2. The molecule has 0 atom stereocenters. The molecule has 1 aromatic heterocycles. The van der Waals surface area contributed by atoms with Gasteiger partial charge in [-0.05, 0) is 18.2 Å². The van der Waals surface area contributed by atoms with Crippen LogP contribution >= 0.6 is 11.6 Å². The number of ether oxygens (including phenoxy) is 1. The van der Waals surface area contributed by atoms with Gasteiger partial charge in [0.2, 0.25) is 11.8 Å². The molecule has 0 saturated carbocycles. The Morgan fingerprint density at radius 3 is 2.78 bits per heavy atom. The van der Waals surface area contributed by atoms with Crippen LogP contribution in [0, 0.1) is 0 Å². The van der Waals surface area contributed by atoms with Gasteiger partial charge in [0, 0.05) is 23.1 Å². The molecule has 23 heavy (non-hydrogen) atoms. The number of aromatic amines is 1. The third kappa shape index (κ3) is 4.46. The van der Waals surface area contributed by atoms with Crippen LogP contribution in [0.3, 0.4) is 0 Å². The van der Waals surface area contributed by atoms with E-state index in [0.717, 1.165) is 5.56 Å². The van der Waals surface area contributed by atoms with E-state index in [2.05, 4.69) is 20.8 Å². The van der Waals surface area contributed by atoms with Crippen LogP contribution in [-0.4, -0.2) is 35.7 Å². The summed E-state index contributed by atoms with van der Waals surface area (Å²) in [6, 6.07) is 6.87. The molecular formula is C15H17ClN4O3. The van der Waals surface area contributed by atoms with E-state index in [1.54, 1.807) is 38.3 Å². The van der Waals surface area contributed by atoms with E-state index >= 15 is 0 Å². The lowest BCUT2D eigenvalue weighted by Gasteiger charge is -2.06. The largest absolute Gasteiger partial charge is 0.496 e. The number of halogens is 1. The molecule has 0 saturated heterocycles. The zero-order valence-corrected chi connectivity index (χ0v) is 13.5. The van der Waals surface area contributed by atoms with Crippen molar-refractivity contribution in [1.82, 2.24) is 15.5 Å². The van der Waals surface area contributed by atoms with E-state index in [1.165, 1.54) is 0 Å². The molecule has 0 bridgehead atoms. The Morgan fingerprint density at radius 2 is 2.09 bits per heavy atom. The number of methoxy groups -OCH3 is 1. The van der Waals surface area contributed by atoms with Crippen molar-refractivity contribution < 1.29 is 14.3 Å². The Morgan fingerprint density at radius 1 is 1.30 bits per heavy atom. The highest BCUT2D eigenvalue weighted by molar-refractivity contribution is 6.31. The zero-order valence-electron chi connectivity index (χ0n) is 12.8. The number of amides is 2. The number of carbonyl (C=O) groups excluding carboxylic acids is 2. The minimum atomic E-state index is -0.358. The number of nitrogens with zero attached hydrogens (tertiary/aromatic N) is 1. The van der Waals surface area contributed by atoms with Crippen molar-refractivity contribution in [2.75, 3.05) is 19.0 Å². The third-order valence-electron chi connectivity index (χ3n) is 3.06. The summed E-state index contributed by atoms with van der Waals surface area (Å²) in [4.78, 5) is 22.9. The smallest absolute Gasteiger partial charge is 0.244 e. The Balaban J connectivity index is 2.08. The van der Waals surface area contributed by atoms with Crippen LogP contribution in [0.4, 0.5) is 5.82 Å². The maximum absolute atomic E-state index is 11.7. The van der Waals surface area contributed by atoms with Gasteiger partial charge >= 0.3 is 0 Å². The van der Waals surface area contributed by atoms with E-state index in [1.807, 2.05) is 0 Å². The molecule has 0 radical (unpaired) electrons. The van der Waals surface area contributed by atoms with Crippen molar-refractivity contribution in [3.8, 4) is 17.0 Å². The molecule has 0 spiro atoms. The molecule has 1 heterocycles. The van der Waals surface area contributed by atoms with Crippen LogP contribution in [-0.2, 0) is 9.59 Å². The number of rotatable bonds is 6. The normalized spacial score (nSPS) is 10.2. The first-order chi connectivity index (χ1) is 11.0. The van der Waals surface area contributed by atoms with E-state index in [4.69, 9.17) is 16.3 Å². The van der Waals surface area contributed by atoms with E-state index in [9.17, 15) is 9.59 Å². The summed E-state index contributed by atoms with van der Waals surface area (Å²) < 4.78 is 5.28. The fraction of sp³-hybridized carbons (Fsp3) is 0.267. The highest BCUT2D eigenvalue weighted by atomic mass is 35.5. The molecule has 0 aliphatic carbocycles. The summed E-state index contributed by atoms with van der Waals surface area (Å²) in [5, 5.41) is 12.5. The van der Waals surface area contributed by atoms with Gasteiger partial charge in [-0.15, -0.1) is 0 Å². The monoisotopic (exact) mass is 336 g/mol. The summed E-state index contributed by atoms with van der Waals surface area (Å²) >= 11 is 6.00. The minimum Gasteiger partial charge on any atom is -0.496 e. The van der Waals surface area contributed by atoms with Crippen LogP contribution in [0.5, 0.6) is 5.75 Å². The Kier molecular flexibility index (Phi) is 5.59. The van der Waals surface area contributed by atoms with Crippen LogP contribution in [0.15, 0.2) is 24.3 Å². The first-order valence-electron chi connectivity index (χ1n) is 6.99. The summed E-state index contributed by atoms with van der Waals surface area (Å²) in [5.41, 5.74) is 1.38. The summed E-state index contributed by atoms with van der Waals surface area (Å²) in [7, 11) is 1.56. The number of aromatic nitrogens is 2. The molecule has 8 heteroatoms. The van der Waals surface area contributed by atoms with Gasteiger partial charge < -0.3 is 15.4 Å². The molecule has 2 aromatic rings. The molecule has 0 aliphatic rings. The zero-order chi connectivity index (χ0) is 16.8. The van der Waals surface area contributed by atoms with Gasteiger partial charge in [0.25, 0.3) is 0 Å². The second kappa shape index (κ2) is 7.64. The second-order valence-corrected chi connectivity index (χ2v) is 5.13. The van der Waals surface area contributed by atoms with Crippen LogP contribution in [0.1, 0.15) is 13.3 Å².